The first-order valence-electron chi connectivity index (χ1n) is 7.73. The Hall–Kier alpha value is -3.11. The molecule has 0 spiro atoms. The van der Waals surface area contributed by atoms with Gasteiger partial charge in [0.2, 0.25) is 0 Å². The lowest BCUT2D eigenvalue weighted by molar-refractivity contribution is 1.06. The van der Waals surface area contributed by atoms with Crippen molar-refractivity contribution in [1.29, 1.82) is 5.26 Å². The van der Waals surface area contributed by atoms with Crippen molar-refractivity contribution in [2.24, 2.45) is 0 Å². The highest BCUT2D eigenvalue weighted by molar-refractivity contribution is 5.88. The van der Waals surface area contributed by atoms with Crippen LogP contribution < -0.4 is 0 Å². The van der Waals surface area contributed by atoms with Gasteiger partial charge in [0.05, 0.1) is 12.0 Å². The first-order chi connectivity index (χ1) is 11.4. The maximum atomic E-state index is 9.81. The van der Waals surface area contributed by atoms with Gasteiger partial charge in [-0.25, -0.2) is 0 Å². The minimum Gasteiger partial charge on any atom is -0.197 e. The van der Waals surface area contributed by atoms with Crippen LogP contribution in [-0.4, -0.2) is 0 Å². The number of benzene rings is 4. The van der Waals surface area contributed by atoms with Crippen molar-refractivity contribution in [3.05, 3.63) is 96.1 Å². The van der Waals surface area contributed by atoms with Crippen molar-refractivity contribution >= 4 is 21.5 Å². The summed E-state index contributed by atoms with van der Waals surface area (Å²) in [5, 5.41) is 14.5. The Morgan fingerprint density at radius 3 is 2.17 bits per heavy atom. The first kappa shape index (κ1) is 13.5. The Kier molecular flexibility index (Phi) is 3.29. The molecule has 0 saturated carbocycles. The van der Waals surface area contributed by atoms with E-state index in [1.165, 1.54) is 16.2 Å². The fourth-order valence-electron chi connectivity index (χ4n) is 3.21. The molecule has 1 unspecified atom stereocenters. The van der Waals surface area contributed by atoms with E-state index in [0.29, 0.717) is 0 Å². The fourth-order valence-corrected chi connectivity index (χ4v) is 3.21. The summed E-state index contributed by atoms with van der Waals surface area (Å²) in [6.07, 6.45) is 0. The minimum absolute atomic E-state index is 0.259. The molecule has 4 rings (SSSR count). The summed E-state index contributed by atoms with van der Waals surface area (Å²) in [6.45, 7) is 0. The van der Waals surface area contributed by atoms with Crippen LogP contribution in [-0.2, 0) is 0 Å². The van der Waals surface area contributed by atoms with Crippen molar-refractivity contribution in [2.45, 2.75) is 5.92 Å². The smallest absolute Gasteiger partial charge is 0.0968 e. The van der Waals surface area contributed by atoms with Crippen LogP contribution in [0.1, 0.15) is 17.0 Å². The minimum atomic E-state index is -0.259. The largest absolute Gasteiger partial charge is 0.197 e. The van der Waals surface area contributed by atoms with E-state index >= 15 is 0 Å². The molecular weight excluding hydrogens is 278 g/mol. The van der Waals surface area contributed by atoms with Crippen LogP contribution in [0.25, 0.3) is 21.5 Å². The van der Waals surface area contributed by atoms with E-state index in [9.17, 15) is 5.26 Å². The second kappa shape index (κ2) is 5.59. The molecule has 1 heteroatoms. The number of rotatable bonds is 2. The van der Waals surface area contributed by atoms with Crippen LogP contribution in [0.4, 0.5) is 0 Å². The van der Waals surface area contributed by atoms with Gasteiger partial charge in [-0.2, -0.15) is 5.26 Å². The lowest BCUT2D eigenvalue weighted by atomic mass is 9.88. The molecule has 1 nitrogen and oxygen atoms in total. The van der Waals surface area contributed by atoms with Crippen LogP contribution in [0.15, 0.2) is 84.9 Å². The number of fused-ring (bicyclic) bond motifs is 2. The SMILES string of the molecule is N#CC(c1ccc2ccccc2c1)c1cccc2ccccc12. The Morgan fingerprint density at radius 1 is 0.652 bits per heavy atom. The predicted octanol–water partition coefficient (Wildman–Crippen LogP) is 5.65. The Bertz CT molecular complexity index is 1030. The Morgan fingerprint density at radius 2 is 1.35 bits per heavy atom. The maximum Gasteiger partial charge on any atom is 0.0968 e. The van der Waals surface area contributed by atoms with Gasteiger partial charge in [0.25, 0.3) is 0 Å². The third kappa shape index (κ3) is 2.35. The lowest BCUT2D eigenvalue weighted by Gasteiger charge is -2.14. The summed E-state index contributed by atoms with van der Waals surface area (Å²) in [5.74, 6) is -0.259. The van der Waals surface area contributed by atoms with Crippen LogP contribution in [0.2, 0.25) is 0 Å². The van der Waals surface area contributed by atoms with E-state index in [4.69, 9.17) is 0 Å². The molecule has 0 bridgehead atoms. The zero-order valence-electron chi connectivity index (χ0n) is 12.6. The quantitative estimate of drug-likeness (QED) is 0.468. The zero-order valence-corrected chi connectivity index (χ0v) is 12.6. The van der Waals surface area contributed by atoms with Gasteiger partial charge in [-0.3, -0.25) is 0 Å². The zero-order chi connectivity index (χ0) is 15.6. The molecule has 23 heavy (non-hydrogen) atoms. The highest BCUT2D eigenvalue weighted by Gasteiger charge is 2.16. The summed E-state index contributed by atoms with van der Waals surface area (Å²) >= 11 is 0. The summed E-state index contributed by atoms with van der Waals surface area (Å²) in [4.78, 5) is 0. The molecule has 0 radical (unpaired) electrons. The van der Waals surface area contributed by atoms with Gasteiger partial charge >= 0.3 is 0 Å². The van der Waals surface area contributed by atoms with E-state index in [0.717, 1.165) is 16.5 Å². The van der Waals surface area contributed by atoms with Gasteiger partial charge in [-0.15, -0.1) is 0 Å². The van der Waals surface area contributed by atoms with Crippen LogP contribution >= 0.6 is 0 Å². The van der Waals surface area contributed by atoms with Gasteiger partial charge in [0.15, 0.2) is 0 Å². The summed E-state index contributed by atoms with van der Waals surface area (Å²) in [5.41, 5.74) is 2.11. The molecule has 0 saturated heterocycles. The Labute approximate surface area is 135 Å². The van der Waals surface area contributed by atoms with Crippen LogP contribution in [0, 0.1) is 11.3 Å². The molecule has 108 valence electrons. The lowest BCUT2D eigenvalue weighted by Crippen LogP contribution is -1.99. The van der Waals surface area contributed by atoms with Crippen molar-refractivity contribution in [3.63, 3.8) is 0 Å². The van der Waals surface area contributed by atoms with Crippen molar-refractivity contribution in [3.8, 4) is 6.07 Å². The summed E-state index contributed by atoms with van der Waals surface area (Å²) in [7, 11) is 0. The molecule has 0 N–H and O–H groups in total. The van der Waals surface area contributed by atoms with Crippen LogP contribution in [0.5, 0.6) is 0 Å². The van der Waals surface area contributed by atoms with Gasteiger partial charge in [-0.05, 0) is 38.7 Å². The standard InChI is InChI=1S/C22H15N/c23-15-22(19-13-12-16-6-1-2-8-18(16)14-19)21-11-5-9-17-7-3-4-10-20(17)21/h1-14,22H. The average molecular weight is 293 g/mol. The second-order valence-corrected chi connectivity index (χ2v) is 5.74. The van der Waals surface area contributed by atoms with Crippen LogP contribution in [0.3, 0.4) is 0 Å². The Balaban J connectivity index is 1.91. The highest BCUT2D eigenvalue weighted by Crippen LogP contribution is 2.31. The van der Waals surface area contributed by atoms with E-state index in [1.54, 1.807) is 0 Å². The topological polar surface area (TPSA) is 23.8 Å². The van der Waals surface area contributed by atoms with Gasteiger partial charge in [0.1, 0.15) is 0 Å². The monoisotopic (exact) mass is 293 g/mol. The molecule has 0 aliphatic heterocycles. The molecular formula is C22H15N. The second-order valence-electron chi connectivity index (χ2n) is 5.74. The molecule has 0 aliphatic carbocycles. The maximum absolute atomic E-state index is 9.81. The molecule has 0 aliphatic rings. The number of nitriles is 1. The predicted molar refractivity (Wildman–Crippen MR) is 95.4 cm³/mol. The van der Waals surface area contributed by atoms with E-state index in [1.807, 2.05) is 30.3 Å². The molecule has 0 fully saturated rings. The van der Waals surface area contributed by atoms with Crippen molar-refractivity contribution in [1.82, 2.24) is 0 Å². The van der Waals surface area contributed by atoms with Gasteiger partial charge in [0, 0.05) is 0 Å². The van der Waals surface area contributed by atoms with Crippen molar-refractivity contribution < 1.29 is 0 Å². The number of hydrogen-bond donors (Lipinski definition) is 0. The van der Waals surface area contributed by atoms with E-state index in [-0.39, 0.29) is 5.92 Å². The normalized spacial score (nSPS) is 12.1. The third-order valence-electron chi connectivity index (χ3n) is 4.37. The average Bonchev–Trinajstić information content (AvgIpc) is 2.62. The van der Waals surface area contributed by atoms with Gasteiger partial charge < -0.3 is 0 Å². The molecule has 4 aromatic carbocycles. The van der Waals surface area contributed by atoms with E-state index in [2.05, 4.69) is 60.7 Å². The molecule has 0 amide bonds. The number of nitrogens with zero attached hydrogens (tertiary/aromatic N) is 1. The number of hydrogen-bond acceptors (Lipinski definition) is 1. The van der Waals surface area contributed by atoms with Crippen molar-refractivity contribution in [2.75, 3.05) is 0 Å². The molecule has 0 aromatic heterocycles. The highest BCUT2D eigenvalue weighted by atomic mass is 14.3. The summed E-state index contributed by atoms with van der Waals surface area (Å²) < 4.78 is 0. The van der Waals surface area contributed by atoms with Gasteiger partial charge in [-0.1, -0.05) is 78.9 Å². The first-order valence-corrected chi connectivity index (χ1v) is 7.73. The third-order valence-corrected chi connectivity index (χ3v) is 4.37. The van der Waals surface area contributed by atoms with E-state index < -0.39 is 0 Å². The summed E-state index contributed by atoms with van der Waals surface area (Å²) in [6, 6.07) is 31.5. The fraction of sp³-hybridized carbons (Fsp3) is 0.0455. The molecule has 4 aromatic rings. The molecule has 1 atom stereocenters. The molecule has 0 heterocycles.